The molecule has 1 saturated carbocycles. The molecular weight excluding hydrogens is 208 g/mol. The average Bonchev–Trinajstić information content (AvgIpc) is 3.05. The standard InChI is InChI=1S/C11H20N2O3/c1-2-3-9(15)12-6-10(16)13-7-11(8-14)4-5-11/h14H,2-8H2,1H3,(H,12,15)(H,13,16). The Kier molecular flexibility index (Phi) is 4.73. The monoisotopic (exact) mass is 228 g/mol. The summed E-state index contributed by atoms with van der Waals surface area (Å²) in [6.07, 6.45) is 3.16. The lowest BCUT2D eigenvalue weighted by Gasteiger charge is -2.12. The van der Waals surface area contributed by atoms with Gasteiger partial charge in [-0.15, -0.1) is 0 Å². The minimum atomic E-state index is -0.191. The van der Waals surface area contributed by atoms with Crippen LogP contribution in [0.1, 0.15) is 32.6 Å². The lowest BCUT2D eigenvalue weighted by molar-refractivity contribution is -0.126. The number of rotatable bonds is 7. The SMILES string of the molecule is CCCC(=O)NCC(=O)NCC1(CO)CC1. The van der Waals surface area contributed by atoms with Gasteiger partial charge in [0.05, 0.1) is 13.2 Å². The molecule has 1 aliphatic carbocycles. The van der Waals surface area contributed by atoms with Gasteiger partial charge >= 0.3 is 0 Å². The molecule has 5 heteroatoms. The Morgan fingerprint density at radius 3 is 2.44 bits per heavy atom. The maximum atomic E-state index is 11.3. The number of hydrogen-bond acceptors (Lipinski definition) is 3. The zero-order chi connectivity index (χ0) is 12.0. The lowest BCUT2D eigenvalue weighted by atomic mass is 10.1. The van der Waals surface area contributed by atoms with E-state index in [1.165, 1.54) is 0 Å². The van der Waals surface area contributed by atoms with Crippen molar-refractivity contribution in [3.63, 3.8) is 0 Å². The summed E-state index contributed by atoms with van der Waals surface area (Å²) in [6, 6.07) is 0. The first-order valence-electron chi connectivity index (χ1n) is 5.76. The van der Waals surface area contributed by atoms with E-state index in [0.717, 1.165) is 19.3 Å². The smallest absolute Gasteiger partial charge is 0.239 e. The fourth-order valence-electron chi connectivity index (χ4n) is 1.41. The van der Waals surface area contributed by atoms with Crippen molar-refractivity contribution >= 4 is 11.8 Å². The maximum absolute atomic E-state index is 11.3. The normalized spacial score (nSPS) is 16.6. The molecule has 0 spiro atoms. The number of carbonyl (C=O) groups is 2. The molecule has 0 aromatic carbocycles. The van der Waals surface area contributed by atoms with Crippen molar-refractivity contribution < 1.29 is 14.7 Å². The van der Waals surface area contributed by atoms with Gasteiger partial charge < -0.3 is 15.7 Å². The van der Waals surface area contributed by atoms with Crippen LogP contribution in [0.5, 0.6) is 0 Å². The molecule has 3 N–H and O–H groups in total. The van der Waals surface area contributed by atoms with Crippen molar-refractivity contribution in [2.24, 2.45) is 5.41 Å². The van der Waals surface area contributed by atoms with Crippen molar-refractivity contribution in [2.45, 2.75) is 32.6 Å². The molecule has 0 aromatic heterocycles. The first-order valence-corrected chi connectivity index (χ1v) is 5.76. The molecule has 0 unspecified atom stereocenters. The first-order chi connectivity index (χ1) is 7.62. The highest BCUT2D eigenvalue weighted by molar-refractivity contribution is 5.84. The second kappa shape index (κ2) is 5.84. The Balaban J connectivity index is 2.09. The molecule has 0 atom stereocenters. The molecule has 0 radical (unpaired) electrons. The summed E-state index contributed by atoms with van der Waals surface area (Å²) in [5, 5.41) is 14.3. The lowest BCUT2D eigenvalue weighted by Crippen LogP contribution is -2.39. The molecule has 0 aromatic rings. The van der Waals surface area contributed by atoms with Crippen LogP contribution in [0.3, 0.4) is 0 Å². The molecule has 0 aliphatic heterocycles. The van der Waals surface area contributed by atoms with E-state index < -0.39 is 0 Å². The van der Waals surface area contributed by atoms with Crippen LogP contribution in [-0.4, -0.2) is 36.6 Å². The molecule has 5 nitrogen and oxygen atoms in total. The quantitative estimate of drug-likeness (QED) is 0.564. The van der Waals surface area contributed by atoms with Crippen LogP contribution in [0.15, 0.2) is 0 Å². The third-order valence-electron chi connectivity index (χ3n) is 2.88. The van der Waals surface area contributed by atoms with Crippen LogP contribution >= 0.6 is 0 Å². The van der Waals surface area contributed by atoms with E-state index in [0.29, 0.717) is 13.0 Å². The van der Waals surface area contributed by atoms with Crippen molar-refractivity contribution in [1.82, 2.24) is 10.6 Å². The highest BCUT2D eigenvalue weighted by Gasteiger charge is 2.41. The summed E-state index contributed by atoms with van der Waals surface area (Å²) in [5.74, 6) is -0.287. The highest BCUT2D eigenvalue weighted by Crippen LogP contribution is 2.44. The molecule has 1 fully saturated rings. The van der Waals surface area contributed by atoms with Crippen LogP contribution < -0.4 is 10.6 Å². The molecule has 0 heterocycles. The molecule has 1 rings (SSSR count). The minimum absolute atomic E-state index is 0.0281. The topological polar surface area (TPSA) is 78.4 Å². The fourth-order valence-corrected chi connectivity index (χ4v) is 1.41. The number of aliphatic hydroxyl groups excluding tert-OH is 1. The average molecular weight is 228 g/mol. The van der Waals surface area contributed by atoms with Crippen molar-refractivity contribution in [3.05, 3.63) is 0 Å². The number of nitrogens with one attached hydrogen (secondary N) is 2. The van der Waals surface area contributed by atoms with Gasteiger partial charge in [-0.05, 0) is 19.3 Å². The third-order valence-corrected chi connectivity index (χ3v) is 2.88. The fraction of sp³-hybridized carbons (Fsp3) is 0.818. The zero-order valence-electron chi connectivity index (χ0n) is 9.71. The van der Waals surface area contributed by atoms with Gasteiger partial charge in [0.25, 0.3) is 0 Å². The molecule has 1 aliphatic rings. The van der Waals surface area contributed by atoms with Gasteiger partial charge in [-0.3, -0.25) is 9.59 Å². The van der Waals surface area contributed by atoms with E-state index in [9.17, 15) is 9.59 Å². The van der Waals surface area contributed by atoms with E-state index in [4.69, 9.17) is 5.11 Å². The second-order valence-corrected chi connectivity index (χ2v) is 4.46. The van der Waals surface area contributed by atoms with Gasteiger partial charge in [0.15, 0.2) is 0 Å². The summed E-state index contributed by atoms with van der Waals surface area (Å²) < 4.78 is 0. The molecular formula is C11H20N2O3. The summed E-state index contributed by atoms with van der Waals surface area (Å²) in [7, 11) is 0. The molecule has 16 heavy (non-hydrogen) atoms. The zero-order valence-corrected chi connectivity index (χ0v) is 9.71. The third kappa shape index (κ3) is 4.18. The predicted molar refractivity (Wildman–Crippen MR) is 59.7 cm³/mol. The van der Waals surface area contributed by atoms with E-state index in [1.807, 2.05) is 6.92 Å². The molecule has 2 amide bonds. The highest BCUT2D eigenvalue weighted by atomic mass is 16.3. The van der Waals surface area contributed by atoms with Crippen LogP contribution in [0, 0.1) is 5.41 Å². The Hall–Kier alpha value is -1.10. The van der Waals surface area contributed by atoms with Crippen molar-refractivity contribution in [1.29, 1.82) is 0 Å². The number of amides is 2. The van der Waals surface area contributed by atoms with E-state index in [1.54, 1.807) is 0 Å². The van der Waals surface area contributed by atoms with Crippen LogP contribution in [0.25, 0.3) is 0 Å². The van der Waals surface area contributed by atoms with Gasteiger partial charge in [-0.2, -0.15) is 0 Å². The van der Waals surface area contributed by atoms with Gasteiger partial charge in [0, 0.05) is 18.4 Å². The number of aliphatic hydroxyl groups is 1. The second-order valence-electron chi connectivity index (χ2n) is 4.46. The first kappa shape index (κ1) is 13.0. The predicted octanol–water partition coefficient (Wildman–Crippen LogP) is -0.209. The minimum Gasteiger partial charge on any atom is -0.396 e. The van der Waals surface area contributed by atoms with E-state index in [-0.39, 0.29) is 30.4 Å². The van der Waals surface area contributed by atoms with Crippen LogP contribution in [-0.2, 0) is 9.59 Å². The van der Waals surface area contributed by atoms with Crippen LogP contribution in [0.4, 0.5) is 0 Å². The summed E-state index contributed by atoms with van der Waals surface area (Å²) in [5.41, 5.74) is -0.0803. The molecule has 0 saturated heterocycles. The van der Waals surface area contributed by atoms with E-state index >= 15 is 0 Å². The number of carbonyl (C=O) groups excluding carboxylic acids is 2. The van der Waals surface area contributed by atoms with Gasteiger partial charge in [-0.1, -0.05) is 6.92 Å². The van der Waals surface area contributed by atoms with Crippen molar-refractivity contribution in [3.8, 4) is 0 Å². The van der Waals surface area contributed by atoms with Crippen molar-refractivity contribution in [2.75, 3.05) is 19.7 Å². The molecule has 0 bridgehead atoms. The summed E-state index contributed by atoms with van der Waals surface area (Å²) in [4.78, 5) is 22.4. The maximum Gasteiger partial charge on any atom is 0.239 e. The van der Waals surface area contributed by atoms with Gasteiger partial charge in [-0.25, -0.2) is 0 Å². The van der Waals surface area contributed by atoms with Gasteiger partial charge in [0.2, 0.25) is 11.8 Å². The largest absolute Gasteiger partial charge is 0.396 e. The Bertz CT molecular complexity index is 262. The molecule has 92 valence electrons. The van der Waals surface area contributed by atoms with E-state index in [2.05, 4.69) is 10.6 Å². The van der Waals surface area contributed by atoms with Gasteiger partial charge in [0.1, 0.15) is 0 Å². The number of hydrogen-bond donors (Lipinski definition) is 3. The Morgan fingerprint density at radius 2 is 1.94 bits per heavy atom. The van der Waals surface area contributed by atoms with Crippen LogP contribution in [0.2, 0.25) is 0 Å². The summed E-state index contributed by atoms with van der Waals surface area (Å²) >= 11 is 0. The summed E-state index contributed by atoms with van der Waals surface area (Å²) in [6.45, 7) is 2.57. The Labute approximate surface area is 95.6 Å². The Morgan fingerprint density at radius 1 is 1.25 bits per heavy atom.